The fraction of sp³-hybridized carbons (Fsp3) is 0.562. The van der Waals surface area contributed by atoms with Crippen LogP contribution in [-0.2, 0) is 9.53 Å². The summed E-state index contributed by atoms with van der Waals surface area (Å²) >= 11 is 0. The fourth-order valence-electron chi connectivity index (χ4n) is 2.47. The van der Waals surface area contributed by atoms with Crippen molar-refractivity contribution in [2.45, 2.75) is 38.2 Å². The fourth-order valence-corrected chi connectivity index (χ4v) is 2.47. The van der Waals surface area contributed by atoms with E-state index in [-0.39, 0.29) is 17.7 Å². The Morgan fingerprint density at radius 2 is 2.09 bits per heavy atom. The largest absolute Gasteiger partial charge is 0.385 e. The lowest BCUT2D eigenvalue weighted by molar-refractivity contribution is -0.384. The normalized spacial score (nSPS) is 17.5. The van der Waals surface area contributed by atoms with Crippen molar-refractivity contribution in [3.63, 3.8) is 0 Å². The first-order chi connectivity index (χ1) is 11.1. The van der Waals surface area contributed by atoms with Gasteiger partial charge in [-0.3, -0.25) is 14.9 Å². The molecule has 2 N–H and O–H groups in total. The average Bonchev–Trinajstić information content (AvgIpc) is 2.58. The zero-order valence-corrected chi connectivity index (χ0v) is 13.1. The summed E-state index contributed by atoms with van der Waals surface area (Å²) in [6.07, 6.45) is 4.60. The average molecular weight is 321 g/mol. The number of carbonyl (C=O) groups is 1. The van der Waals surface area contributed by atoms with Crippen LogP contribution in [0.25, 0.3) is 0 Å². The van der Waals surface area contributed by atoms with Crippen molar-refractivity contribution in [2.75, 3.05) is 25.0 Å². The minimum atomic E-state index is -0.426. The molecule has 1 aromatic carbocycles. The second-order valence-corrected chi connectivity index (χ2v) is 5.63. The number of nitrogens with zero attached hydrogens (tertiary/aromatic N) is 1. The monoisotopic (exact) mass is 321 g/mol. The van der Waals surface area contributed by atoms with Gasteiger partial charge in [0.05, 0.1) is 11.0 Å². The molecule has 1 atom stereocenters. The molecular formula is C16H23N3O4. The molecule has 0 radical (unpaired) electrons. The van der Waals surface area contributed by atoms with Crippen LogP contribution >= 0.6 is 0 Å². The van der Waals surface area contributed by atoms with Crippen molar-refractivity contribution in [1.29, 1.82) is 0 Å². The lowest BCUT2D eigenvalue weighted by Gasteiger charge is -2.22. The molecule has 23 heavy (non-hydrogen) atoms. The van der Waals surface area contributed by atoms with Gasteiger partial charge in [0.25, 0.3) is 5.69 Å². The Hall–Kier alpha value is -2.15. The maximum atomic E-state index is 11.7. The Morgan fingerprint density at radius 1 is 1.30 bits per heavy atom. The number of nitro groups is 1. The molecule has 1 heterocycles. The summed E-state index contributed by atoms with van der Waals surface area (Å²) in [6.45, 7) is 2.03. The highest BCUT2D eigenvalue weighted by molar-refractivity contribution is 5.75. The minimum absolute atomic E-state index is 0.0321. The molecule has 1 fully saturated rings. The molecule has 7 nitrogen and oxygen atoms in total. The molecule has 0 spiro atoms. The number of hydrogen-bond donors (Lipinski definition) is 2. The van der Waals surface area contributed by atoms with Crippen LogP contribution in [0, 0.1) is 10.1 Å². The molecule has 126 valence electrons. The quantitative estimate of drug-likeness (QED) is 0.436. The highest BCUT2D eigenvalue weighted by atomic mass is 16.6. The smallest absolute Gasteiger partial charge is 0.269 e. The van der Waals surface area contributed by atoms with Crippen LogP contribution in [0.15, 0.2) is 24.3 Å². The van der Waals surface area contributed by atoms with Crippen LogP contribution in [0.5, 0.6) is 0 Å². The van der Waals surface area contributed by atoms with Gasteiger partial charge in [0.15, 0.2) is 0 Å². The number of ether oxygens (including phenoxy) is 1. The zero-order chi connectivity index (χ0) is 16.5. The summed E-state index contributed by atoms with van der Waals surface area (Å²) in [4.78, 5) is 21.9. The first-order valence-corrected chi connectivity index (χ1v) is 8.02. The highest BCUT2D eigenvalue weighted by Crippen LogP contribution is 2.15. The molecule has 1 aliphatic heterocycles. The van der Waals surface area contributed by atoms with Gasteiger partial charge in [0.2, 0.25) is 5.91 Å². The number of carbonyl (C=O) groups excluding carboxylic acids is 1. The standard InChI is InChI=1S/C16H23N3O4/c20-16(18-12-15-4-1-2-11-23-15)5-3-10-17-13-6-8-14(9-7-13)19(21)22/h6-9,15,17H,1-5,10-12H2,(H,18,20)/t15-/m1/s1. The number of hydrogen-bond acceptors (Lipinski definition) is 5. The van der Waals surface area contributed by atoms with Crippen LogP contribution in [0.4, 0.5) is 11.4 Å². The Kier molecular flexibility index (Phi) is 6.80. The maximum Gasteiger partial charge on any atom is 0.269 e. The van der Waals surface area contributed by atoms with E-state index in [1.54, 1.807) is 12.1 Å². The second kappa shape index (κ2) is 9.09. The van der Waals surface area contributed by atoms with E-state index in [4.69, 9.17) is 4.74 Å². The molecule has 1 aromatic rings. The Bertz CT molecular complexity index is 513. The van der Waals surface area contributed by atoms with E-state index >= 15 is 0 Å². The lowest BCUT2D eigenvalue weighted by atomic mass is 10.1. The van der Waals surface area contributed by atoms with Crippen LogP contribution in [0.1, 0.15) is 32.1 Å². The van der Waals surface area contributed by atoms with Crippen molar-refractivity contribution < 1.29 is 14.5 Å². The van der Waals surface area contributed by atoms with Gasteiger partial charge in [0, 0.05) is 43.9 Å². The van der Waals surface area contributed by atoms with Crippen molar-refractivity contribution >= 4 is 17.3 Å². The molecule has 2 rings (SSSR count). The van der Waals surface area contributed by atoms with Crippen LogP contribution < -0.4 is 10.6 Å². The second-order valence-electron chi connectivity index (χ2n) is 5.63. The van der Waals surface area contributed by atoms with Crippen LogP contribution in [0.3, 0.4) is 0 Å². The predicted molar refractivity (Wildman–Crippen MR) is 87.4 cm³/mol. The van der Waals surface area contributed by atoms with E-state index in [0.29, 0.717) is 25.9 Å². The molecule has 0 saturated carbocycles. The van der Waals surface area contributed by atoms with Crippen molar-refractivity contribution in [1.82, 2.24) is 5.32 Å². The van der Waals surface area contributed by atoms with Gasteiger partial charge in [-0.05, 0) is 37.8 Å². The molecule has 1 amide bonds. The number of non-ortho nitro benzene ring substituents is 1. The Morgan fingerprint density at radius 3 is 2.74 bits per heavy atom. The zero-order valence-electron chi connectivity index (χ0n) is 13.1. The van der Waals surface area contributed by atoms with Crippen molar-refractivity contribution in [2.24, 2.45) is 0 Å². The minimum Gasteiger partial charge on any atom is -0.385 e. The van der Waals surface area contributed by atoms with Crippen LogP contribution in [-0.4, -0.2) is 36.6 Å². The molecular weight excluding hydrogens is 298 g/mol. The third kappa shape index (κ3) is 6.23. The third-order valence-corrected chi connectivity index (χ3v) is 3.79. The number of anilines is 1. The van der Waals surface area contributed by atoms with Crippen molar-refractivity contribution in [3.05, 3.63) is 34.4 Å². The molecule has 0 aliphatic carbocycles. The Balaban J connectivity index is 1.57. The highest BCUT2D eigenvalue weighted by Gasteiger charge is 2.14. The summed E-state index contributed by atoms with van der Waals surface area (Å²) in [7, 11) is 0. The topological polar surface area (TPSA) is 93.5 Å². The molecule has 0 aromatic heterocycles. The first-order valence-electron chi connectivity index (χ1n) is 8.02. The molecule has 0 bridgehead atoms. The van der Waals surface area contributed by atoms with Gasteiger partial charge < -0.3 is 15.4 Å². The summed E-state index contributed by atoms with van der Waals surface area (Å²) in [5.74, 6) is 0.0321. The lowest BCUT2D eigenvalue weighted by Crippen LogP contribution is -2.35. The van der Waals surface area contributed by atoms with Gasteiger partial charge in [-0.25, -0.2) is 0 Å². The summed E-state index contributed by atoms with van der Waals surface area (Å²) < 4.78 is 5.56. The van der Waals surface area contributed by atoms with Gasteiger partial charge in [-0.2, -0.15) is 0 Å². The van der Waals surface area contributed by atoms with Gasteiger partial charge in [-0.1, -0.05) is 0 Å². The van der Waals surface area contributed by atoms with E-state index < -0.39 is 4.92 Å². The van der Waals surface area contributed by atoms with Crippen LogP contribution in [0.2, 0.25) is 0 Å². The van der Waals surface area contributed by atoms with Gasteiger partial charge in [-0.15, -0.1) is 0 Å². The first kappa shape index (κ1) is 17.2. The number of amides is 1. The third-order valence-electron chi connectivity index (χ3n) is 3.79. The molecule has 7 heteroatoms. The van der Waals surface area contributed by atoms with E-state index in [0.717, 1.165) is 25.1 Å². The number of benzene rings is 1. The SMILES string of the molecule is O=C(CCCNc1ccc([N+](=O)[O-])cc1)NC[C@H]1CCCCO1. The summed E-state index contributed by atoms with van der Waals surface area (Å²) in [5.41, 5.74) is 0.881. The number of rotatable bonds is 8. The van der Waals surface area contributed by atoms with E-state index in [2.05, 4.69) is 10.6 Å². The van der Waals surface area contributed by atoms with Crippen molar-refractivity contribution in [3.8, 4) is 0 Å². The van der Waals surface area contributed by atoms with E-state index in [1.165, 1.54) is 18.6 Å². The predicted octanol–water partition coefficient (Wildman–Crippen LogP) is 2.47. The van der Waals surface area contributed by atoms with E-state index in [9.17, 15) is 14.9 Å². The molecule has 1 aliphatic rings. The van der Waals surface area contributed by atoms with Gasteiger partial charge in [0.1, 0.15) is 0 Å². The maximum absolute atomic E-state index is 11.7. The van der Waals surface area contributed by atoms with E-state index in [1.807, 2.05) is 0 Å². The number of nitro benzene ring substituents is 1. The molecule has 0 unspecified atom stereocenters. The number of nitrogens with one attached hydrogen (secondary N) is 2. The summed E-state index contributed by atoms with van der Waals surface area (Å²) in [6, 6.07) is 6.25. The summed E-state index contributed by atoms with van der Waals surface area (Å²) in [5, 5.41) is 16.6. The molecule has 1 saturated heterocycles. The Labute approximate surface area is 135 Å². The van der Waals surface area contributed by atoms with Gasteiger partial charge >= 0.3 is 0 Å².